The van der Waals surface area contributed by atoms with E-state index >= 15 is 0 Å². The molecule has 3 N–H and O–H groups in total. The van der Waals surface area contributed by atoms with Gasteiger partial charge >= 0.3 is 0 Å². The molecule has 2 saturated heterocycles. The normalized spacial score (nSPS) is 21.7. The fourth-order valence-electron chi connectivity index (χ4n) is 4.23. The maximum atomic E-state index is 5.66. The highest BCUT2D eigenvalue weighted by molar-refractivity contribution is 5.90. The van der Waals surface area contributed by atoms with E-state index in [-0.39, 0.29) is 12.1 Å². The van der Waals surface area contributed by atoms with Crippen LogP contribution < -0.4 is 21.1 Å². The Hall–Kier alpha value is -3.08. The van der Waals surface area contributed by atoms with Gasteiger partial charge in [0, 0.05) is 24.8 Å². The second-order valence-corrected chi connectivity index (χ2v) is 8.22. The van der Waals surface area contributed by atoms with Gasteiger partial charge in [0.15, 0.2) is 5.65 Å². The highest BCUT2D eigenvalue weighted by Crippen LogP contribution is 2.31. The first-order valence-electron chi connectivity index (χ1n) is 10.9. The lowest BCUT2D eigenvalue weighted by Crippen LogP contribution is -2.46. The molecule has 3 aromatic heterocycles. The summed E-state index contributed by atoms with van der Waals surface area (Å²) in [5.41, 5.74) is 4.97. The van der Waals surface area contributed by atoms with Gasteiger partial charge in [-0.05, 0) is 38.1 Å². The van der Waals surface area contributed by atoms with Gasteiger partial charge in [-0.15, -0.1) is 0 Å². The predicted octanol–water partition coefficient (Wildman–Crippen LogP) is 1.82. The molecule has 168 valence electrons. The van der Waals surface area contributed by atoms with E-state index in [4.69, 9.17) is 30.3 Å². The smallest absolute Gasteiger partial charge is 0.229 e. The molecular formula is C22H28N8O2. The number of rotatable bonds is 4. The van der Waals surface area contributed by atoms with Crippen molar-refractivity contribution in [3.05, 3.63) is 30.5 Å². The fraction of sp³-hybridized carbons (Fsp3) is 0.455. The number of fused-ring (bicyclic) bond motifs is 1. The van der Waals surface area contributed by atoms with E-state index in [1.807, 2.05) is 18.2 Å². The second kappa shape index (κ2) is 8.81. The van der Waals surface area contributed by atoms with Gasteiger partial charge in [-0.25, -0.2) is 15.8 Å². The zero-order valence-electron chi connectivity index (χ0n) is 18.4. The molecule has 0 aliphatic carbocycles. The van der Waals surface area contributed by atoms with Crippen molar-refractivity contribution in [3.8, 4) is 11.3 Å². The molecule has 32 heavy (non-hydrogen) atoms. The van der Waals surface area contributed by atoms with Crippen molar-refractivity contribution < 1.29 is 9.47 Å². The van der Waals surface area contributed by atoms with Gasteiger partial charge in [0.1, 0.15) is 11.6 Å². The van der Waals surface area contributed by atoms with Crippen molar-refractivity contribution >= 4 is 28.6 Å². The van der Waals surface area contributed by atoms with E-state index in [9.17, 15) is 0 Å². The SMILES string of the molecule is C[C@H]1COCCN1c1nc(N2CCOC[C@@H]2C)c2ccc(-c3ccnc(NN)c3)nc2n1. The van der Waals surface area contributed by atoms with Crippen LogP contribution >= 0.6 is 0 Å². The summed E-state index contributed by atoms with van der Waals surface area (Å²) >= 11 is 0. The first-order valence-corrected chi connectivity index (χ1v) is 10.9. The Kier molecular flexibility index (Phi) is 5.73. The number of morpholine rings is 2. The Morgan fingerprint density at radius 1 is 0.969 bits per heavy atom. The molecule has 2 fully saturated rings. The largest absolute Gasteiger partial charge is 0.377 e. The van der Waals surface area contributed by atoms with Gasteiger partial charge in [0.05, 0.1) is 49.6 Å². The molecule has 2 aliphatic heterocycles. The highest BCUT2D eigenvalue weighted by atomic mass is 16.5. The predicted molar refractivity (Wildman–Crippen MR) is 124 cm³/mol. The van der Waals surface area contributed by atoms with Crippen molar-refractivity contribution in [1.29, 1.82) is 0 Å². The van der Waals surface area contributed by atoms with Gasteiger partial charge in [-0.1, -0.05) is 0 Å². The third kappa shape index (κ3) is 3.92. The molecule has 2 aliphatic rings. The summed E-state index contributed by atoms with van der Waals surface area (Å²) in [6.07, 6.45) is 1.71. The lowest BCUT2D eigenvalue weighted by Gasteiger charge is -2.37. The van der Waals surface area contributed by atoms with E-state index in [0.29, 0.717) is 43.8 Å². The Labute approximate surface area is 186 Å². The van der Waals surface area contributed by atoms with E-state index in [2.05, 4.69) is 40.1 Å². The Morgan fingerprint density at radius 3 is 2.44 bits per heavy atom. The lowest BCUT2D eigenvalue weighted by atomic mass is 10.1. The topological polar surface area (TPSA) is 115 Å². The van der Waals surface area contributed by atoms with Crippen LogP contribution in [0.15, 0.2) is 30.5 Å². The van der Waals surface area contributed by atoms with E-state index < -0.39 is 0 Å². The van der Waals surface area contributed by atoms with E-state index in [1.54, 1.807) is 6.20 Å². The van der Waals surface area contributed by atoms with Gasteiger partial charge in [0.25, 0.3) is 0 Å². The van der Waals surface area contributed by atoms with Gasteiger partial charge < -0.3 is 24.7 Å². The fourth-order valence-corrected chi connectivity index (χ4v) is 4.23. The summed E-state index contributed by atoms with van der Waals surface area (Å²) in [6, 6.07) is 8.23. The summed E-state index contributed by atoms with van der Waals surface area (Å²) in [7, 11) is 0. The molecule has 0 unspecified atom stereocenters. The van der Waals surface area contributed by atoms with Crippen LogP contribution in [0.4, 0.5) is 17.6 Å². The standard InChI is InChI=1S/C22H28N8O2/c1-14-12-31-9-7-29(14)21-17-3-4-18(16-5-6-24-19(11-16)28-23)25-20(17)26-22(27-21)30-8-10-32-13-15(30)2/h3-6,11,14-15H,7-10,12-13,23H2,1-2H3,(H,24,28)/t14-,15-/m0/s1. The Bertz CT molecular complexity index is 1110. The summed E-state index contributed by atoms with van der Waals surface area (Å²) in [5, 5.41) is 0.929. The molecule has 5 heterocycles. The first-order chi connectivity index (χ1) is 15.6. The molecular weight excluding hydrogens is 408 g/mol. The molecule has 3 aromatic rings. The zero-order chi connectivity index (χ0) is 22.1. The number of hydrogen-bond donors (Lipinski definition) is 2. The number of aromatic nitrogens is 4. The molecule has 10 heteroatoms. The molecule has 0 spiro atoms. The second-order valence-electron chi connectivity index (χ2n) is 8.22. The van der Waals surface area contributed by atoms with Crippen molar-refractivity contribution in [3.63, 3.8) is 0 Å². The number of pyridine rings is 2. The molecule has 0 saturated carbocycles. The van der Waals surface area contributed by atoms with Crippen LogP contribution in [-0.2, 0) is 9.47 Å². The minimum Gasteiger partial charge on any atom is -0.377 e. The van der Waals surface area contributed by atoms with Crippen LogP contribution in [0.25, 0.3) is 22.3 Å². The maximum Gasteiger partial charge on any atom is 0.229 e. The number of hydrazine groups is 1. The van der Waals surface area contributed by atoms with Crippen molar-refractivity contribution in [2.24, 2.45) is 5.84 Å². The van der Waals surface area contributed by atoms with Crippen LogP contribution in [0.1, 0.15) is 13.8 Å². The maximum absolute atomic E-state index is 5.66. The summed E-state index contributed by atoms with van der Waals surface area (Å²) in [6.45, 7) is 8.49. The number of nitrogens with zero attached hydrogens (tertiary/aromatic N) is 6. The zero-order valence-corrected chi connectivity index (χ0v) is 18.4. The van der Waals surface area contributed by atoms with Gasteiger partial charge in [-0.3, -0.25) is 0 Å². The summed E-state index contributed by atoms with van der Waals surface area (Å²) in [4.78, 5) is 23.5. The van der Waals surface area contributed by atoms with Crippen molar-refractivity contribution in [2.75, 3.05) is 54.7 Å². The minimum absolute atomic E-state index is 0.192. The van der Waals surface area contributed by atoms with Crippen molar-refractivity contribution in [1.82, 2.24) is 19.9 Å². The Morgan fingerprint density at radius 2 is 1.72 bits per heavy atom. The first kappa shape index (κ1) is 20.8. The number of ether oxygens (including phenoxy) is 2. The van der Waals surface area contributed by atoms with Gasteiger partial charge in [0.2, 0.25) is 5.95 Å². The number of nitrogens with two attached hydrogens (primary N) is 1. The monoisotopic (exact) mass is 436 g/mol. The third-order valence-corrected chi connectivity index (χ3v) is 6.00. The van der Waals surface area contributed by atoms with E-state index in [1.165, 1.54) is 0 Å². The van der Waals surface area contributed by atoms with Crippen LogP contribution in [0, 0.1) is 0 Å². The minimum atomic E-state index is 0.192. The molecule has 5 rings (SSSR count). The lowest BCUT2D eigenvalue weighted by molar-refractivity contribution is 0.0973. The van der Waals surface area contributed by atoms with E-state index in [0.717, 1.165) is 35.6 Å². The number of hydrogen-bond acceptors (Lipinski definition) is 10. The molecule has 2 atom stereocenters. The summed E-state index contributed by atoms with van der Waals surface area (Å²) < 4.78 is 11.3. The molecule has 0 radical (unpaired) electrons. The average Bonchev–Trinajstić information content (AvgIpc) is 2.83. The van der Waals surface area contributed by atoms with Gasteiger partial charge in [-0.2, -0.15) is 9.97 Å². The number of nitrogens with one attached hydrogen (secondary N) is 1. The van der Waals surface area contributed by atoms with Crippen LogP contribution in [-0.4, -0.2) is 71.5 Å². The van der Waals surface area contributed by atoms with Crippen LogP contribution in [0.5, 0.6) is 0 Å². The quantitative estimate of drug-likeness (QED) is 0.464. The highest BCUT2D eigenvalue weighted by Gasteiger charge is 2.27. The number of anilines is 3. The van der Waals surface area contributed by atoms with Crippen molar-refractivity contribution in [2.45, 2.75) is 25.9 Å². The van der Waals surface area contributed by atoms with Crippen LogP contribution in [0.3, 0.4) is 0 Å². The molecule has 10 nitrogen and oxygen atoms in total. The number of nitrogen functional groups attached to an aromatic ring is 1. The average molecular weight is 437 g/mol. The third-order valence-electron chi connectivity index (χ3n) is 6.00. The Balaban J connectivity index is 1.65. The summed E-state index contributed by atoms with van der Waals surface area (Å²) in [5.74, 6) is 7.70. The molecule has 0 amide bonds. The molecule has 0 bridgehead atoms. The molecule has 0 aromatic carbocycles. The van der Waals surface area contributed by atoms with Crippen LogP contribution in [0.2, 0.25) is 0 Å².